The van der Waals surface area contributed by atoms with Crippen LogP contribution in [0.4, 0.5) is 0 Å². The number of aliphatic carboxylic acids is 2. The normalized spacial score (nSPS) is 24.6. The molecule has 31 heavy (non-hydrogen) atoms. The van der Waals surface area contributed by atoms with Crippen molar-refractivity contribution < 1.29 is 29.7 Å². The van der Waals surface area contributed by atoms with E-state index in [1.807, 2.05) is 42.1 Å². The summed E-state index contributed by atoms with van der Waals surface area (Å²) in [5, 5.41) is 30.5. The molecule has 1 amide bonds. The molecule has 5 rings (SSSR count). The summed E-state index contributed by atoms with van der Waals surface area (Å²) < 4.78 is 1.97. The molecule has 3 fully saturated rings. The van der Waals surface area contributed by atoms with Crippen molar-refractivity contribution >= 4 is 28.7 Å². The van der Waals surface area contributed by atoms with Gasteiger partial charge in [0.05, 0.1) is 11.2 Å². The Morgan fingerprint density at radius 1 is 1.13 bits per heavy atom. The molecule has 0 spiro atoms. The number of hydrogen-bond acceptors (Lipinski definition) is 5. The van der Waals surface area contributed by atoms with Crippen LogP contribution in [0.2, 0.25) is 0 Å². The Labute approximate surface area is 179 Å². The summed E-state index contributed by atoms with van der Waals surface area (Å²) in [6, 6.07) is 7.89. The summed E-state index contributed by atoms with van der Waals surface area (Å²) in [6.45, 7) is 3.15. The van der Waals surface area contributed by atoms with Gasteiger partial charge in [-0.05, 0) is 37.9 Å². The molecule has 2 bridgehead atoms. The van der Waals surface area contributed by atoms with Gasteiger partial charge in [0.1, 0.15) is 0 Å². The molecule has 9 heteroatoms. The average Bonchev–Trinajstić information content (AvgIpc) is 3.09. The van der Waals surface area contributed by atoms with Crippen LogP contribution >= 0.6 is 0 Å². The first-order chi connectivity index (χ1) is 14.7. The van der Waals surface area contributed by atoms with Crippen molar-refractivity contribution in [1.82, 2.24) is 14.8 Å². The van der Waals surface area contributed by atoms with Crippen molar-refractivity contribution in [2.45, 2.75) is 18.4 Å². The maximum atomic E-state index is 12.6. The lowest BCUT2D eigenvalue weighted by Crippen LogP contribution is -2.63. The highest BCUT2D eigenvalue weighted by Gasteiger charge is 2.45. The van der Waals surface area contributed by atoms with E-state index < -0.39 is 17.5 Å². The molecular weight excluding hydrogens is 402 g/mol. The summed E-state index contributed by atoms with van der Waals surface area (Å²) in [7, 11) is 1.94. The van der Waals surface area contributed by atoms with Gasteiger partial charge < -0.3 is 30.1 Å². The fourth-order valence-corrected chi connectivity index (χ4v) is 4.34. The first-order valence-electron chi connectivity index (χ1n) is 10.1. The Kier molecular flexibility index (Phi) is 6.77. The van der Waals surface area contributed by atoms with Crippen molar-refractivity contribution in [1.29, 1.82) is 0 Å². The summed E-state index contributed by atoms with van der Waals surface area (Å²) in [6.07, 6.45) is 5.03. The summed E-state index contributed by atoms with van der Waals surface area (Å²) in [4.78, 5) is 34.0. The second-order valence-corrected chi connectivity index (χ2v) is 8.02. The number of aryl methyl sites for hydroxylation is 1. The number of aliphatic hydroxyl groups is 1. The molecule has 0 radical (unpaired) electrons. The Balaban J connectivity index is 0.000000293. The zero-order valence-electron chi connectivity index (χ0n) is 17.3. The molecule has 0 aliphatic carbocycles. The lowest BCUT2D eigenvalue weighted by Gasteiger charge is -2.50. The van der Waals surface area contributed by atoms with E-state index in [9.17, 15) is 19.5 Å². The van der Waals surface area contributed by atoms with Crippen molar-refractivity contribution in [2.75, 3.05) is 26.2 Å². The minimum atomic E-state index is -1.26. The van der Waals surface area contributed by atoms with Crippen molar-refractivity contribution in [3.8, 4) is 0 Å². The highest BCUT2D eigenvalue weighted by molar-refractivity contribution is 6.07. The highest BCUT2D eigenvalue weighted by Crippen LogP contribution is 2.35. The second-order valence-electron chi connectivity index (χ2n) is 8.02. The Bertz CT molecular complexity index is 990. The van der Waals surface area contributed by atoms with E-state index in [4.69, 9.17) is 10.2 Å². The summed E-state index contributed by atoms with van der Waals surface area (Å²) in [5.74, 6) is -2.31. The van der Waals surface area contributed by atoms with Crippen LogP contribution in [-0.4, -0.2) is 74.4 Å². The van der Waals surface area contributed by atoms with E-state index in [2.05, 4.69) is 10.2 Å². The number of carboxylic acid groups (broad SMARTS) is 2. The molecule has 0 saturated carbocycles. The lowest BCUT2D eigenvalue weighted by atomic mass is 9.75. The fourth-order valence-electron chi connectivity index (χ4n) is 4.34. The molecule has 1 atom stereocenters. The fraction of sp³-hybridized carbons (Fsp3) is 0.409. The van der Waals surface area contributed by atoms with Crippen LogP contribution < -0.4 is 5.32 Å². The number of hydrogen-bond donors (Lipinski definition) is 4. The topological polar surface area (TPSA) is 132 Å². The van der Waals surface area contributed by atoms with Gasteiger partial charge in [-0.1, -0.05) is 18.2 Å². The van der Waals surface area contributed by atoms with Gasteiger partial charge in [0, 0.05) is 49.4 Å². The number of nitrogens with zero attached hydrogens (tertiary/aromatic N) is 2. The second kappa shape index (κ2) is 9.32. The van der Waals surface area contributed by atoms with Crippen molar-refractivity contribution in [2.24, 2.45) is 13.0 Å². The van der Waals surface area contributed by atoms with Crippen LogP contribution in [0.25, 0.3) is 10.9 Å². The van der Waals surface area contributed by atoms with E-state index in [-0.39, 0.29) is 5.91 Å². The van der Waals surface area contributed by atoms with E-state index >= 15 is 0 Å². The predicted octanol–water partition coefficient (Wildman–Crippen LogP) is 1.08. The van der Waals surface area contributed by atoms with E-state index in [0.29, 0.717) is 36.7 Å². The van der Waals surface area contributed by atoms with E-state index in [1.54, 1.807) is 0 Å². The molecule has 3 aliphatic rings. The molecule has 9 nitrogen and oxygen atoms in total. The van der Waals surface area contributed by atoms with Gasteiger partial charge in [-0.3, -0.25) is 4.79 Å². The Hall–Kier alpha value is -3.17. The molecule has 1 aromatic heterocycles. The van der Waals surface area contributed by atoms with Crippen LogP contribution in [0.3, 0.4) is 0 Å². The molecule has 4 heterocycles. The van der Waals surface area contributed by atoms with Gasteiger partial charge in [-0.25, -0.2) is 9.59 Å². The molecule has 2 aromatic rings. The third-order valence-corrected chi connectivity index (χ3v) is 5.91. The van der Waals surface area contributed by atoms with E-state index in [1.165, 1.54) is 0 Å². The minimum Gasteiger partial charge on any atom is -0.478 e. The van der Waals surface area contributed by atoms with Crippen LogP contribution in [0, 0.1) is 5.92 Å². The first-order valence-corrected chi connectivity index (χ1v) is 10.1. The molecule has 1 aromatic carbocycles. The van der Waals surface area contributed by atoms with Gasteiger partial charge in [-0.15, -0.1) is 0 Å². The van der Waals surface area contributed by atoms with E-state index in [0.717, 1.165) is 36.8 Å². The maximum Gasteiger partial charge on any atom is 0.328 e. The maximum absolute atomic E-state index is 12.6. The number of aromatic nitrogens is 1. The number of fused-ring (bicyclic) bond motifs is 4. The standard InChI is InChI=1S/C18H23N3O2.C4H4O4/c1-20-10-15(14-4-2-3-5-16(14)20)17(22)19-11-18(23)12-21-8-6-13(18)7-9-21;5-3(6)1-2-4(7)8/h2-5,10,13,23H,6-9,11-12H2,1H3,(H,19,22);1-2H,(H,5,6)(H,7,8)/b;2-1+. The number of carboxylic acids is 2. The van der Waals surface area contributed by atoms with Gasteiger partial charge in [0.15, 0.2) is 0 Å². The predicted molar refractivity (Wildman–Crippen MR) is 114 cm³/mol. The quantitative estimate of drug-likeness (QED) is 0.523. The third-order valence-electron chi connectivity index (χ3n) is 5.91. The largest absolute Gasteiger partial charge is 0.478 e. The average molecular weight is 429 g/mol. The number of carbonyl (C=O) groups is 3. The smallest absolute Gasteiger partial charge is 0.328 e. The molecular formula is C22H27N3O6. The monoisotopic (exact) mass is 429 g/mol. The number of rotatable bonds is 5. The lowest BCUT2D eigenvalue weighted by molar-refractivity contribution is -0.134. The van der Waals surface area contributed by atoms with Crippen LogP contribution in [0.5, 0.6) is 0 Å². The molecule has 3 aliphatic heterocycles. The zero-order chi connectivity index (χ0) is 22.6. The first kappa shape index (κ1) is 22.5. The SMILES string of the molecule is Cn1cc(C(=O)NCC2(O)CN3CCC2CC3)c2ccccc21.O=C(O)/C=C/C(=O)O. The number of nitrogens with one attached hydrogen (secondary N) is 1. The van der Waals surface area contributed by atoms with Gasteiger partial charge in [-0.2, -0.15) is 0 Å². The molecule has 1 unspecified atom stereocenters. The third kappa shape index (κ3) is 5.31. The van der Waals surface area contributed by atoms with Gasteiger partial charge >= 0.3 is 11.9 Å². The van der Waals surface area contributed by atoms with Gasteiger partial charge in [0.2, 0.25) is 0 Å². The van der Waals surface area contributed by atoms with Crippen LogP contribution in [0.1, 0.15) is 23.2 Å². The molecule has 3 saturated heterocycles. The highest BCUT2D eigenvalue weighted by atomic mass is 16.4. The number of para-hydroxylation sites is 1. The van der Waals surface area contributed by atoms with Crippen LogP contribution in [-0.2, 0) is 16.6 Å². The summed E-state index contributed by atoms with van der Waals surface area (Å²) in [5.41, 5.74) is 0.934. The van der Waals surface area contributed by atoms with Gasteiger partial charge in [0.25, 0.3) is 5.91 Å². The number of amides is 1. The Morgan fingerprint density at radius 3 is 2.29 bits per heavy atom. The summed E-state index contributed by atoms with van der Waals surface area (Å²) >= 11 is 0. The van der Waals surface area contributed by atoms with Crippen LogP contribution in [0.15, 0.2) is 42.6 Å². The molecule has 166 valence electrons. The number of piperidine rings is 3. The Morgan fingerprint density at radius 2 is 1.74 bits per heavy atom. The zero-order valence-corrected chi connectivity index (χ0v) is 17.3. The van der Waals surface area contributed by atoms with Crippen molar-refractivity contribution in [3.05, 3.63) is 48.2 Å². The number of benzene rings is 1. The molecule has 4 N–H and O–H groups in total. The minimum absolute atomic E-state index is 0.105. The van der Waals surface area contributed by atoms with Crippen molar-refractivity contribution in [3.63, 3.8) is 0 Å². The number of carbonyl (C=O) groups excluding carboxylic acids is 1.